The SMILES string of the molecule is CNCc1nc(-c2c[nH]c3ccccc23)cs1. The van der Waals surface area contributed by atoms with Crippen molar-refractivity contribution in [3.05, 3.63) is 40.8 Å². The van der Waals surface area contributed by atoms with Crippen molar-refractivity contribution in [2.75, 3.05) is 7.05 Å². The number of rotatable bonds is 3. The van der Waals surface area contributed by atoms with E-state index in [0.717, 1.165) is 22.8 Å². The van der Waals surface area contributed by atoms with Crippen molar-refractivity contribution in [2.45, 2.75) is 6.54 Å². The lowest BCUT2D eigenvalue weighted by Gasteiger charge is -1.94. The van der Waals surface area contributed by atoms with Crippen molar-refractivity contribution < 1.29 is 0 Å². The number of benzene rings is 1. The van der Waals surface area contributed by atoms with E-state index in [9.17, 15) is 0 Å². The Morgan fingerprint density at radius 3 is 3.12 bits per heavy atom. The fraction of sp³-hybridized carbons (Fsp3) is 0.154. The molecular formula is C13H13N3S. The van der Waals surface area contributed by atoms with Gasteiger partial charge in [-0.3, -0.25) is 0 Å². The summed E-state index contributed by atoms with van der Waals surface area (Å²) in [5.41, 5.74) is 3.39. The second kappa shape index (κ2) is 4.31. The molecule has 3 rings (SSSR count). The first-order valence-electron chi connectivity index (χ1n) is 5.54. The molecule has 0 aliphatic rings. The lowest BCUT2D eigenvalue weighted by molar-refractivity contribution is 0.811. The van der Waals surface area contributed by atoms with E-state index in [2.05, 4.69) is 38.9 Å². The van der Waals surface area contributed by atoms with Crippen molar-refractivity contribution in [1.29, 1.82) is 0 Å². The highest BCUT2D eigenvalue weighted by molar-refractivity contribution is 7.09. The van der Waals surface area contributed by atoms with E-state index in [1.807, 2.05) is 19.3 Å². The van der Waals surface area contributed by atoms with Gasteiger partial charge in [0.2, 0.25) is 0 Å². The van der Waals surface area contributed by atoms with Crippen LogP contribution in [0, 0.1) is 0 Å². The van der Waals surface area contributed by atoms with E-state index >= 15 is 0 Å². The van der Waals surface area contributed by atoms with Crippen molar-refractivity contribution in [3.63, 3.8) is 0 Å². The standard InChI is InChI=1S/C13H13N3S/c1-14-7-13-16-12(8-17-13)10-6-15-11-5-3-2-4-9(10)11/h2-6,8,14-15H,7H2,1H3. The molecule has 0 saturated heterocycles. The molecule has 0 unspecified atom stereocenters. The molecule has 17 heavy (non-hydrogen) atoms. The summed E-state index contributed by atoms with van der Waals surface area (Å²) in [7, 11) is 1.94. The number of aromatic nitrogens is 2. The smallest absolute Gasteiger partial charge is 0.107 e. The average Bonchev–Trinajstić information content (AvgIpc) is 2.95. The topological polar surface area (TPSA) is 40.7 Å². The van der Waals surface area contributed by atoms with E-state index in [1.54, 1.807) is 11.3 Å². The van der Waals surface area contributed by atoms with Gasteiger partial charge in [-0.25, -0.2) is 4.98 Å². The lowest BCUT2D eigenvalue weighted by Crippen LogP contribution is -2.04. The van der Waals surface area contributed by atoms with Gasteiger partial charge < -0.3 is 10.3 Å². The number of hydrogen-bond donors (Lipinski definition) is 2. The number of nitrogens with one attached hydrogen (secondary N) is 2. The molecule has 0 aliphatic carbocycles. The molecule has 0 aliphatic heterocycles. The molecule has 0 radical (unpaired) electrons. The number of H-pyrrole nitrogens is 1. The van der Waals surface area contributed by atoms with E-state index in [0.29, 0.717) is 0 Å². The third-order valence-corrected chi connectivity index (χ3v) is 3.59. The molecule has 0 amide bonds. The molecule has 2 N–H and O–H groups in total. The Bertz CT molecular complexity index is 639. The molecule has 0 spiro atoms. The minimum Gasteiger partial charge on any atom is -0.360 e. The highest BCUT2D eigenvalue weighted by atomic mass is 32.1. The fourth-order valence-corrected chi connectivity index (χ4v) is 2.76. The van der Waals surface area contributed by atoms with Crippen molar-refractivity contribution in [1.82, 2.24) is 15.3 Å². The highest BCUT2D eigenvalue weighted by Crippen LogP contribution is 2.29. The number of thiazole rings is 1. The Balaban J connectivity index is 2.07. The summed E-state index contributed by atoms with van der Waals surface area (Å²) in [6, 6.07) is 8.30. The third kappa shape index (κ3) is 1.85. The molecule has 4 heteroatoms. The summed E-state index contributed by atoms with van der Waals surface area (Å²) < 4.78 is 0. The van der Waals surface area contributed by atoms with Crippen LogP contribution in [0.2, 0.25) is 0 Å². The van der Waals surface area contributed by atoms with Crippen LogP contribution < -0.4 is 5.32 Å². The maximum Gasteiger partial charge on any atom is 0.107 e. The summed E-state index contributed by atoms with van der Waals surface area (Å²) in [6.07, 6.45) is 2.03. The Kier molecular flexibility index (Phi) is 2.66. The van der Waals surface area contributed by atoms with Gasteiger partial charge in [-0.2, -0.15) is 0 Å². The van der Waals surface area contributed by atoms with Gasteiger partial charge in [-0.05, 0) is 13.1 Å². The Morgan fingerprint density at radius 1 is 1.35 bits per heavy atom. The monoisotopic (exact) mass is 243 g/mol. The molecule has 0 atom stereocenters. The van der Waals surface area contributed by atoms with Gasteiger partial charge in [-0.1, -0.05) is 18.2 Å². The molecule has 0 saturated carbocycles. The fourth-order valence-electron chi connectivity index (χ4n) is 1.95. The summed E-state index contributed by atoms with van der Waals surface area (Å²) in [4.78, 5) is 7.91. The Morgan fingerprint density at radius 2 is 2.24 bits per heavy atom. The zero-order valence-corrected chi connectivity index (χ0v) is 10.3. The largest absolute Gasteiger partial charge is 0.360 e. The minimum absolute atomic E-state index is 0.826. The van der Waals surface area contributed by atoms with Crippen LogP contribution in [-0.2, 0) is 6.54 Å². The summed E-state index contributed by atoms with van der Waals surface area (Å²) in [5.74, 6) is 0. The van der Waals surface area contributed by atoms with Gasteiger partial charge in [0.1, 0.15) is 5.01 Å². The number of aromatic amines is 1. The average molecular weight is 243 g/mol. The number of hydrogen-bond acceptors (Lipinski definition) is 3. The Labute approximate surface area is 104 Å². The van der Waals surface area contributed by atoms with Crippen molar-refractivity contribution in [2.24, 2.45) is 0 Å². The van der Waals surface area contributed by atoms with Crippen LogP contribution in [0.3, 0.4) is 0 Å². The van der Waals surface area contributed by atoms with Crippen molar-refractivity contribution in [3.8, 4) is 11.3 Å². The molecule has 86 valence electrons. The minimum atomic E-state index is 0.826. The molecular weight excluding hydrogens is 230 g/mol. The quantitative estimate of drug-likeness (QED) is 0.742. The zero-order chi connectivity index (χ0) is 11.7. The molecule has 0 bridgehead atoms. The molecule has 3 aromatic rings. The molecule has 0 fully saturated rings. The van der Waals surface area contributed by atoms with E-state index < -0.39 is 0 Å². The molecule has 1 aromatic carbocycles. The van der Waals surface area contributed by atoms with Crippen LogP contribution >= 0.6 is 11.3 Å². The predicted molar refractivity (Wildman–Crippen MR) is 72.2 cm³/mol. The van der Waals surface area contributed by atoms with Crippen LogP contribution in [-0.4, -0.2) is 17.0 Å². The number of nitrogens with zero attached hydrogens (tertiary/aromatic N) is 1. The zero-order valence-electron chi connectivity index (χ0n) is 9.53. The van der Waals surface area contributed by atoms with Gasteiger partial charge in [-0.15, -0.1) is 11.3 Å². The summed E-state index contributed by atoms with van der Waals surface area (Å²) in [6.45, 7) is 0.826. The third-order valence-electron chi connectivity index (χ3n) is 2.74. The van der Waals surface area contributed by atoms with Gasteiger partial charge in [0, 0.05) is 34.6 Å². The normalized spacial score (nSPS) is 11.1. The summed E-state index contributed by atoms with van der Waals surface area (Å²) >= 11 is 1.69. The van der Waals surface area contributed by atoms with Crippen LogP contribution in [0.15, 0.2) is 35.8 Å². The van der Waals surface area contributed by atoms with E-state index in [1.165, 1.54) is 10.9 Å². The van der Waals surface area contributed by atoms with Crippen LogP contribution in [0.25, 0.3) is 22.2 Å². The number of para-hydroxylation sites is 1. The molecule has 3 nitrogen and oxygen atoms in total. The van der Waals surface area contributed by atoms with Gasteiger partial charge in [0.05, 0.1) is 5.69 Å². The van der Waals surface area contributed by atoms with Gasteiger partial charge >= 0.3 is 0 Å². The van der Waals surface area contributed by atoms with Gasteiger partial charge in [0.15, 0.2) is 0 Å². The summed E-state index contributed by atoms with van der Waals surface area (Å²) in [5, 5.41) is 7.58. The van der Waals surface area contributed by atoms with Crippen LogP contribution in [0.5, 0.6) is 0 Å². The predicted octanol–water partition coefficient (Wildman–Crippen LogP) is 3.01. The highest BCUT2D eigenvalue weighted by Gasteiger charge is 2.08. The molecule has 2 aromatic heterocycles. The second-order valence-electron chi connectivity index (χ2n) is 3.90. The Hall–Kier alpha value is -1.65. The second-order valence-corrected chi connectivity index (χ2v) is 4.85. The number of fused-ring (bicyclic) bond motifs is 1. The van der Waals surface area contributed by atoms with E-state index in [4.69, 9.17) is 0 Å². The van der Waals surface area contributed by atoms with Crippen LogP contribution in [0.4, 0.5) is 0 Å². The van der Waals surface area contributed by atoms with Crippen molar-refractivity contribution >= 4 is 22.2 Å². The van der Waals surface area contributed by atoms with Crippen LogP contribution in [0.1, 0.15) is 5.01 Å². The maximum atomic E-state index is 4.63. The lowest BCUT2D eigenvalue weighted by atomic mass is 10.1. The van der Waals surface area contributed by atoms with E-state index in [-0.39, 0.29) is 0 Å². The molecule has 2 heterocycles. The maximum absolute atomic E-state index is 4.63. The van der Waals surface area contributed by atoms with Gasteiger partial charge in [0.25, 0.3) is 0 Å². The first-order chi connectivity index (χ1) is 8.38. The first-order valence-corrected chi connectivity index (χ1v) is 6.42. The first kappa shape index (κ1) is 10.5.